The number of aryl methyl sites for hydroxylation is 3. The van der Waals surface area contributed by atoms with Crippen molar-refractivity contribution in [3.8, 4) is 16.9 Å². The van der Waals surface area contributed by atoms with Crippen LogP contribution in [0.1, 0.15) is 70.8 Å². The van der Waals surface area contributed by atoms with Crippen molar-refractivity contribution in [3.63, 3.8) is 0 Å². The van der Waals surface area contributed by atoms with Crippen LogP contribution in [0.15, 0.2) is 36.9 Å². The summed E-state index contributed by atoms with van der Waals surface area (Å²) in [4.78, 5) is 6.07. The largest absolute Gasteiger partial charge is 0.489 e. The van der Waals surface area contributed by atoms with Gasteiger partial charge in [-0.2, -0.15) is 0 Å². The van der Waals surface area contributed by atoms with Gasteiger partial charge in [-0.1, -0.05) is 77.1 Å². The van der Waals surface area contributed by atoms with Crippen LogP contribution in [-0.4, -0.2) is 14.7 Å². The van der Waals surface area contributed by atoms with E-state index in [1.807, 2.05) is 28.7 Å². The van der Waals surface area contributed by atoms with Crippen molar-refractivity contribution in [2.24, 2.45) is 0 Å². The van der Waals surface area contributed by atoms with Crippen LogP contribution >= 0.6 is 22.7 Å². The molecule has 0 fully saturated rings. The van der Waals surface area contributed by atoms with E-state index in [-0.39, 0.29) is 5.41 Å². The van der Waals surface area contributed by atoms with Gasteiger partial charge in [0, 0.05) is 25.0 Å². The van der Waals surface area contributed by atoms with Gasteiger partial charge in [0.05, 0.1) is 0 Å². The van der Waals surface area contributed by atoms with E-state index in [1.54, 1.807) is 9.75 Å². The van der Waals surface area contributed by atoms with Crippen LogP contribution in [-0.2, 0) is 5.41 Å². The molecule has 0 spiro atoms. The average Bonchev–Trinajstić information content (AvgIpc) is 3.38. The molecule has 0 saturated carbocycles. The van der Waals surface area contributed by atoms with Crippen molar-refractivity contribution in [1.29, 1.82) is 0 Å². The van der Waals surface area contributed by atoms with E-state index in [2.05, 4.69) is 86.2 Å². The Bertz CT molecular complexity index is 1140. The summed E-state index contributed by atoms with van der Waals surface area (Å²) in [6.45, 7) is 23.1. The van der Waals surface area contributed by atoms with Gasteiger partial charge in [-0.25, -0.2) is 0 Å². The minimum absolute atomic E-state index is 0.0178. The van der Waals surface area contributed by atoms with Crippen molar-refractivity contribution in [3.05, 3.63) is 67.6 Å². The molecule has 0 amide bonds. The smallest absolute Gasteiger partial charge is 0.122 e. The first-order valence-electron chi connectivity index (χ1n) is 12.2. The van der Waals surface area contributed by atoms with E-state index in [4.69, 9.17) is 4.74 Å². The normalized spacial score (nSPS) is 13.8. The Morgan fingerprint density at radius 2 is 1.48 bits per heavy atom. The Balaban J connectivity index is 2.05. The Hall–Kier alpha value is -1.62. The lowest BCUT2D eigenvalue weighted by atomic mass is 9.85. The topological polar surface area (TPSA) is 9.23 Å². The molecule has 1 aliphatic carbocycles. The summed E-state index contributed by atoms with van der Waals surface area (Å²) < 4.78 is 6.58. The summed E-state index contributed by atoms with van der Waals surface area (Å²) in [7, 11) is -2.04. The predicted octanol–water partition coefficient (Wildman–Crippen LogP) is 8.64. The standard InChI is InChI=1S/C29H38OS2Si/c1-10-13-30-25-23(29(7,8)9)14-18(4)15-24(25)33(11-2,12-3)28-26-21(16-19(5)31-26)22-17-20(6)32-27(22)28/h10,14-17,28H,1,11-13H2,2-9H3. The molecule has 33 heavy (non-hydrogen) atoms. The Morgan fingerprint density at radius 3 is 1.94 bits per heavy atom. The van der Waals surface area contributed by atoms with E-state index in [0.29, 0.717) is 12.1 Å². The van der Waals surface area contributed by atoms with Crippen LogP contribution in [0.5, 0.6) is 5.75 Å². The Labute approximate surface area is 209 Å². The number of hydrogen-bond acceptors (Lipinski definition) is 3. The fourth-order valence-corrected chi connectivity index (χ4v) is 14.5. The van der Waals surface area contributed by atoms with E-state index >= 15 is 0 Å². The van der Waals surface area contributed by atoms with Gasteiger partial charge in [0.2, 0.25) is 0 Å². The number of fused-ring (bicyclic) bond motifs is 3. The number of thiophene rings is 2. The summed E-state index contributed by atoms with van der Waals surface area (Å²) in [6, 6.07) is 12.1. The van der Waals surface area contributed by atoms with E-state index in [1.165, 1.54) is 49.3 Å². The molecule has 2 heterocycles. The van der Waals surface area contributed by atoms with Gasteiger partial charge in [-0.05, 0) is 60.2 Å². The molecule has 3 aromatic rings. The fraction of sp³-hybridized carbons (Fsp3) is 0.448. The van der Waals surface area contributed by atoms with Crippen molar-refractivity contribution in [2.75, 3.05) is 6.61 Å². The van der Waals surface area contributed by atoms with Crippen LogP contribution in [0, 0.1) is 20.8 Å². The highest BCUT2D eigenvalue weighted by Crippen LogP contribution is 2.57. The molecule has 2 aromatic heterocycles. The second kappa shape index (κ2) is 8.87. The lowest BCUT2D eigenvalue weighted by Gasteiger charge is -2.39. The summed E-state index contributed by atoms with van der Waals surface area (Å²) in [5.41, 5.74) is 6.21. The highest BCUT2D eigenvalue weighted by Gasteiger charge is 2.50. The molecule has 0 aliphatic heterocycles. The van der Waals surface area contributed by atoms with Crippen molar-refractivity contribution in [2.45, 2.75) is 78.4 Å². The molecule has 176 valence electrons. The summed E-state index contributed by atoms with van der Waals surface area (Å²) in [5.74, 6) is 1.14. The van der Waals surface area contributed by atoms with Gasteiger partial charge in [-0.15, -0.1) is 22.7 Å². The third kappa shape index (κ3) is 3.98. The first-order chi connectivity index (χ1) is 15.6. The third-order valence-corrected chi connectivity index (χ3v) is 15.6. The first kappa shape index (κ1) is 24.5. The van der Waals surface area contributed by atoms with Gasteiger partial charge < -0.3 is 4.74 Å². The fourth-order valence-electron chi connectivity index (χ4n) is 5.73. The maximum absolute atomic E-state index is 6.58. The van der Waals surface area contributed by atoms with Gasteiger partial charge in [0.25, 0.3) is 0 Å². The molecule has 1 aliphatic rings. The SMILES string of the molecule is C=CCOc1c(C(C)(C)C)cc(C)cc1[Si](CC)(CC)C1c2sc(C)cc2-c2cc(C)sc21. The lowest BCUT2D eigenvalue weighted by molar-refractivity contribution is 0.353. The second-order valence-electron chi connectivity index (χ2n) is 10.6. The predicted molar refractivity (Wildman–Crippen MR) is 151 cm³/mol. The Morgan fingerprint density at radius 1 is 0.939 bits per heavy atom. The van der Waals surface area contributed by atoms with E-state index in [9.17, 15) is 0 Å². The molecule has 0 N–H and O–H groups in total. The molecule has 0 bridgehead atoms. The van der Waals surface area contributed by atoms with Crippen molar-refractivity contribution >= 4 is 35.9 Å². The van der Waals surface area contributed by atoms with Crippen LogP contribution in [0.2, 0.25) is 12.1 Å². The second-order valence-corrected chi connectivity index (χ2v) is 18.0. The minimum atomic E-state index is -2.04. The summed E-state index contributed by atoms with van der Waals surface area (Å²) in [5, 5.41) is 1.51. The zero-order valence-electron chi connectivity index (χ0n) is 21.5. The highest BCUT2D eigenvalue weighted by atomic mass is 32.1. The molecular weight excluding hydrogens is 457 g/mol. The first-order valence-corrected chi connectivity index (χ1v) is 16.3. The Kier molecular flexibility index (Phi) is 6.58. The molecule has 4 heteroatoms. The molecule has 1 nitrogen and oxygen atoms in total. The maximum Gasteiger partial charge on any atom is 0.122 e. The molecule has 1 aromatic carbocycles. The summed E-state index contributed by atoms with van der Waals surface area (Å²) in [6.07, 6.45) is 1.88. The average molecular weight is 495 g/mol. The van der Waals surface area contributed by atoms with Gasteiger partial charge in [0.1, 0.15) is 20.4 Å². The number of hydrogen-bond donors (Lipinski definition) is 0. The monoisotopic (exact) mass is 494 g/mol. The zero-order valence-corrected chi connectivity index (χ0v) is 24.2. The lowest BCUT2D eigenvalue weighted by Crippen LogP contribution is -2.53. The van der Waals surface area contributed by atoms with Crippen molar-refractivity contribution in [1.82, 2.24) is 0 Å². The minimum Gasteiger partial charge on any atom is -0.489 e. The molecular formula is C29H38OS2Si. The quantitative estimate of drug-likeness (QED) is 0.236. The molecule has 0 atom stereocenters. The summed E-state index contributed by atoms with van der Waals surface area (Å²) >= 11 is 4.05. The number of benzene rings is 1. The zero-order chi connectivity index (χ0) is 24.1. The molecule has 0 saturated heterocycles. The van der Waals surface area contributed by atoms with E-state index < -0.39 is 8.07 Å². The number of ether oxygens (including phenoxy) is 1. The van der Waals surface area contributed by atoms with Crippen LogP contribution in [0.4, 0.5) is 0 Å². The van der Waals surface area contributed by atoms with E-state index in [0.717, 1.165) is 5.75 Å². The van der Waals surface area contributed by atoms with Crippen LogP contribution < -0.4 is 9.92 Å². The molecule has 0 radical (unpaired) electrons. The van der Waals surface area contributed by atoms with Gasteiger partial charge in [-0.3, -0.25) is 0 Å². The maximum atomic E-state index is 6.58. The highest BCUT2D eigenvalue weighted by molar-refractivity contribution is 7.17. The van der Waals surface area contributed by atoms with Gasteiger partial charge >= 0.3 is 0 Å². The van der Waals surface area contributed by atoms with Crippen LogP contribution in [0.25, 0.3) is 11.1 Å². The molecule has 4 rings (SSSR count). The third-order valence-electron chi connectivity index (χ3n) is 7.32. The number of rotatable bonds is 7. The van der Waals surface area contributed by atoms with Crippen LogP contribution in [0.3, 0.4) is 0 Å². The van der Waals surface area contributed by atoms with Crippen molar-refractivity contribution < 1.29 is 4.74 Å². The molecule has 0 unspecified atom stereocenters. The van der Waals surface area contributed by atoms with Gasteiger partial charge in [0.15, 0.2) is 0 Å².